The Kier molecular flexibility index (Phi) is 4.59. The van der Waals surface area contributed by atoms with Gasteiger partial charge in [-0.25, -0.2) is 0 Å². The van der Waals surface area contributed by atoms with Crippen molar-refractivity contribution in [1.82, 2.24) is 9.78 Å². The van der Waals surface area contributed by atoms with Gasteiger partial charge < -0.3 is 5.32 Å². The quantitative estimate of drug-likeness (QED) is 0.886. The molecule has 1 fully saturated rings. The minimum absolute atomic E-state index is 0.642. The first kappa shape index (κ1) is 14.2. The fourth-order valence-electron chi connectivity index (χ4n) is 3.37. The molecule has 0 bridgehead atoms. The van der Waals surface area contributed by atoms with Gasteiger partial charge in [0.1, 0.15) is 0 Å². The van der Waals surface area contributed by atoms with Crippen LogP contribution in [0, 0.1) is 5.92 Å². The molecule has 1 aliphatic carbocycles. The molecule has 0 aliphatic heterocycles. The van der Waals surface area contributed by atoms with Crippen LogP contribution in [0.4, 0.5) is 5.69 Å². The lowest BCUT2D eigenvalue weighted by molar-refractivity contribution is 0.327. The second-order valence-electron chi connectivity index (χ2n) is 6.19. The van der Waals surface area contributed by atoms with E-state index in [1.54, 1.807) is 0 Å². The first-order valence-corrected chi connectivity index (χ1v) is 8.16. The first-order chi connectivity index (χ1) is 10.3. The highest BCUT2D eigenvalue weighted by atomic mass is 15.3. The van der Waals surface area contributed by atoms with Gasteiger partial charge in [-0.3, -0.25) is 4.68 Å². The maximum atomic E-state index is 4.27. The smallest absolute Gasteiger partial charge is 0.0660 e. The third-order valence-corrected chi connectivity index (χ3v) is 4.56. The molecule has 1 heterocycles. The highest BCUT2D eigenvalue weighted by Crippen LogP contribution is 2.28. The Bertz CT molecular complexity index is 547. The number of rotatable bonds is 5. The topological polar surface area (TPSA) is 29.9 Å². The number of nitrogens with zero attached hydrogens (tertiary/aromatic N) is 2. The van der Waals surface area contributed by atoms with Crippen LogP contribution in [0.3, 0.4) is 0 Å². The number of hydrogen-bond acceptors (Lipinski definition) is 2. The zero-order valence-electron chi connectivity index (χ0n) is 12.8. The standard InChI is InChI=1S/C18H25N3/c1-2-15-6-3-8-17(12-15)20-18-9-4-7-16(13-18)14-21-11-5-10-19-21/h4-5,7,9-11,13,15,17,20H,2-3,6,8,12,14H2,1H3. The van der Waals surface area contributed by atoms with E-state index in [1.165, 1.54) is 43.4 Å². The van der Waals surface area contributed by atoms with Gasteiger partial charge in [-0.1, -0.05) is 38.3 Å². The first-order valence-electron chi connectivity index (χ1n) is 8.16. The molecule has 112 valence electrons. The van der Waals surface area contributed by atoms with Crippen molar-refractivity contribution in [2.75, 3.05) is 5.32 Å². The Morgan fingerprint density at radius 1 is 1.29 bits per heavy atom. The van der Waals surface area contributed by atoms with Crippen molar-refractivity contribution in [3.63, 3.8) is 0 Å². The van der Waals surface area contributed by atoms with Crippen molar-refractivity contribution in [2.24, 2.45) is 5.92 Å². The lowest BCUT2D eigenvalue weighted by Crippen LogP contribution is -2.27. The van der Waals surface area contributed by atoms with E-state index in [-0.39, 0.29) is 0 Å². The molecule has 3 nitrogen and oxygen atoms in total. The van der Waals surface area contributed by atoms with Crippen LogP contribution in [-0.2, 0) is 6.54 Å². The van der Waals surface area contributed by atoms with E-state index in [0.717, 1.165) is 12.5 Å². The molecule has 1 saturated carbocycles. The Labute approximate surface area is 127 Å². The lowest BCUT2D eigenvalue weighted by Gasteiger charge is -2.30. The average Bonchev–Trinajstić information content (AvgIpc) is 3.01. The highest BCUT2D eigenvalue weighted by molar-refractivity contribution is 5.46. The molecule has 0 saturated heterocycles. The van der Waals surface area contributed by atoms with E-state index in [1.807, 2.05) is 23.1 Å². The Morgan fingerprint density at radius 2 is 2.24 bits per heavy atom. The third kappa shape index (κ3) is 3.87. The van der Waals surface area contributed by atoms with Gasteiger partial charge in [0.2, 0.25) is 0 Å². The summed E-state index contributed by atoms with van der Waals surface area (Å²) in [7, 11) is 0. The van der Waals surface area contributed by atoms with E-state index in [0.29, 0.717) is 6.04 Å². The van der Waals surface area contributed by atoms with Crippen molar-refractivity contribution in [1.29, 1.82) is 0 Å². The molecular formula is C18H25N3. The number of nitrogens with one attached hydrogen (secondary N) is 1. The number of aromatic nitrogens is 2. The van der Waals surface area contributed by atoms with Crippen molar-refractivity contribution < 1.29 is 0 Å². The normalized spacial score (nSPS) is 22.1. The summed E-state index contributed by atoms with van der Waals surface area (Å²) in [5, 5.41) is 8.01. The van der Waals surface area contributed by atoms with Crippen LogP contribution in [-0.4, -0.2) is 15.8 Å². The van der Waals surface area contributed by atoms with E-state index >= 15 is 0 Å². The molecule has 2 unspecified atom stereocenters. The second-order valence-corrected chi connectivity index (χ2v) is 6.19. The van der Waals surface area contributed by atoms with E-state index in [2.05, 4.69) is 41.6 Å². The Morgan fingerprint density at radius 3 is 3.05 bits per heavy atom. The monoisotopic (exact) mass is 283 g/mol. The maximum Gasteiger partial charge on any atom is 0.0660 e. The van der Waals surface area contributed by atoms with Crippen LogP contribution in [0.2, 0.25) is 0 Å². The number of anilines is 1. The van der Waals surface area contributed by atoms with Crippen LogP contribution in [0.1, 0.15) is 44.6 Å². The van der Waals surface area contributed by atoms with E-state index < -0.39 is 0 Å². The minimum Gasteiger partial charge on any atom is -0.382 e. The van der Waals surface area contributed by atoms with Gasteiger partial charge in [-0.05, 0) is 42.5 Å². The van der Waals surface area contributed by atoms with Crippen molar-refractivity contribution >= 4 is 5.69 Å². The summed E-state index contributed by atoms with van der Waals surface area (Å²) in [6, 6.07) is 11.4. The molecular weight excluding hydrogens is 258 g/mol. The molecule has 1 N–H and O–H groups in total. The van der Waals surface area contributed by atoms with Gasteiger partial charge >= 0.3 is 0 Å². The predicted octanol–water partition coefficient (Wildman–Crippen LogP) is 4.31. The molecule has 3 heteroatoms. The van der Waals surface area contributed by atoms with E-state index in [4.69, 9.17) is 0 Å². The second kappa shape index (κ2) is 6.79. The van der Waals surface area contributed by atoms with Gasteiger partial charge in [0.05, 0.1) is 6.54 Å². The molecule has 2 atom stereocenters. The predicted molar refractivity (Wildman–Crippen MR) is 87.4 cm³/mol. The zero-order valence-corrected chi connectivity index (χ0v) is 12.8. The average molecular weight is 283 g/mol. The summed E-state index contributed by atoms with van der Waals surface area (Å²) >= 11 is 0. The Hall–Kier alpha value is -1.77. The van der Waals surface area contributed by atoms with Crippen LogP contribution in [0.5, 0.6) is 0 Å². The molecule has 1 aromatic heterocycles. The molecule has 0 spiro atoms. The van der Waals surface area contributed by atoms with Crippen LogP contribution < -0.4 is 5.32 Å². The molecule has 1 aliphatic rings. The van der Waals surface area contributed by atoms with Crippen molar-refractivity contribution in [3.8, 4) is 0 Å². The lowest BCUT2D eigenvalue weighted by atomic mass is 9.84. The van der Waals surface area contributed by atoms with Crippen LogP contribution >= 0.6 is 0 Å². The summed E-state index contributed by atoms with van der Waals surface area (Å²) in [6.07, 6.45) is 10.6. The molecule has 1 aromatic carbocycles. The van der Waals surface area contributed by atoms with Crippen LogP contribution in [0.25, 0.3) is 0 Å². The summed E-state index contributed by atoms with van der Waals surface area (Å²) in [5.41, 5.74) is 2.55. The molecule has 2 aromatic rings. The number of benzene rings is 1. The van der Waals surface area contributed by atoms with Crippen molar-refractivity contribution in [3.05, 3.63) is 48.3 Å². The number of hydrogen-bond donors (Lipinski definition) is 1. The van der Waals surface area contributed by atoms with Gasteiger partial charge in [0.25, 0.3) is 0 Å². The molecule has 0 radical (unpaired) electrons. The SMILES string of the molecule is CCC1CCCC(Nc2cccc(Cn3cccn3)c2)C1. The largest absolute Gasteiger partial charge is 0.382 e. The van der Waals surface area contributed by atoms with Gasteiger partial charge in [-0.2, -0.15) is 5.10 Å². The van der Waals surface area contributed by atoms with Gasteiger partial charge in [0.15, 0.2) is 0 Å². The zero-order chi connectivity index (χ0) is 14.5. The molecule has 21 heavy (non-hydrogen) atoms. The summed E-state index contributed by atoms with van der Waals surface area (Å²) in [4.78, 5) is 0. The minimum atomic E-state index is 0.642. The summed E-state index contributed by atoms with van der Waals surface area (Å²) in [6.45, 7) is 3.16. The van der Waals surface area contributed by atoms with Crippen LogP contribution in [0.15, 0.2) is 42.7 Å². The molecule has 3 rings (SSSR count). The summed E-state index contributed by atoms with van der Waals surface area (Å²) < 4.78 is 1.97. The Balaban J connectivity index is 1.63. The highest BCUT2D eigenvalue weighted by Gasteiger charge is 2.20. The molecule has 0 amide bonds. The fraction of sp³-hybridized carbons (Fsp3) is 0.500. The summed E-state index contributed by atoms with van der Waals surface area (Å²) in [5.74, 6) is 0.906. The van der Waals surface area contributed by atoms with Gasteiger partial charge in [0, 0.05) is 24.1 Å². The van der Waals surface area contributed by atoms with Crippen molar-refractivity contribution in [2.45, 2.75) is 51.6 Å². The van der Waals surface area contributed by atoms with Gasteiger partial charge in [-0.15, -0.1) is 0 Å². The third-order valence-electron chi connectivity index (χ3n) is 4.56. The maximum absolute atomic E-state index is 4.27. The van der Waals surface area contributed by atoms with E-state index in [9.17, 15) is 0 Å². The fourth-order valence-corrected chi connectivity index (χ4v) is 3.37.